The fourth-order valence-electron chi connectivity index (χ4n) is 2.22. The molecule has 0 amide bonds. The van der Waals surface area contributed by atoms with Crippen LogP contribution in [0.15, 0.2) is 4.52 Å². The van der Waals surface area contributed by atoms with E-state index >= 15 is 0 Å². The molecule has 2 aliphatic carbocycles. The molecule has 1 heterocycles. The molecule has 20 heavy (non-hydrogen) atoms. The van der Waals surface area contributed by atoms with E-state index in [1.165, 1.54) is 0 Å². The number of rotatable bonds is 6. The molecule has 0 bridgehead atoms. The van der Waals surface area contributed by atoms with E-state index in [1.54, 1.807) is 0 Å². The van der Waals surface area contributed by atoms with E-state index in [4.69, 9.17) is 4.52 Å². The Kier molecular flexibility index (Phi) is 3.15. The Morgan fingerprint density at radius 2 is 2.15 bits per heavy atom. The van der Waals surface area contributed by atoms with Crippen molar-refractivity contribution in [3.63, 3.8) is 0 Å². The summed E-state index contributed by atoms with van der Waals surface area (Å²) in [6.45, 7) is 3.68. The minimum atomic E-state index is -3.39. The first-order chi connectivity index (χ1) is 9.29. The second-order valence-corrected chi connectivity index (χ2v) is 8.30. The highest BCUT2D eigenvalue weighted by molar-refractivity contribution is 7.90. The Balaban J connectivity index is 1.57. The van der Waals surface area contributed by atoms with E-state index in [0.717, 1.165) is 12.8 Å². The highest BCUT2D eigenvalue weighted by atomic mass is 32.2. The Bertz CT molecular complexity index is 606. The van der Waals surface area contributed by atoms with Gasteiger partial charge in [-0.2, -0.15) is 4.98 Å². The topological polar surface area (TPSA) is 105 Å². The third-order valence-corrected chi connectivity index (χ3v) is 6.08. The molecule has 8 heteroatoms. The van der Waals surface area contributed by atoms with Crippen molar-refractivity contribution >= 4 is 10.0 Å². The molecule has 0 radical (unpaired) electrons. The summed E-state index contributed by atoms with van der Waals surface area (Å²) in [7, 11) is -3.39. The quantitative estimate of drug-likeness (QED) is 0.801. The molecule has 1 aromatic heterocycles. The summed E-state index contributed by atoms with van der Waals surface area (Å²) >= 11 is 0. The molecule has 112 valence electrons. The lowest BCUT2D eigenvalue weighted by molar-refractivity contribution is 0.137. The van der Waals surface area contributed by atoms with Gasteiger partial charge in [0.1, 0.15) is 6.10 Å². The van der Waals surface area contributed by atoms with Gasteiger partial charge >= 0.3 is 0 Å². The van der Waals surface area contributed by atoms with E-state index in [1.807, 2.05) is 13.8 Å². The fourth-order valence-corrected chi connectivity index (χ4v) is 4.30. The number of aromatic nitrogens is 2. The van der Waals surface area contributed by atoms with Crippen molar-refractivity contribution in [1.29, 1.82) is 0 Å². The largest absolute Gasteiger partial charge is 0.382 e. The van der Waals surface area contributed by atoms with Crippen LogP contribution in [0.5, 0.6) is 0 Å². The lowest BCUT2D eigenvalue weighted by Gasteiger charge is -2.10. The lowest BCUT2D eigenvalue weighted by Crippen LogP contribution is -2.32. The van der Waals surface area contributed by atoms with Gasteiger partial charge in [0, 0.05) is 12.5 Å². The van der Waals surface area contributed by atoms with Crippen LogP contribution in [0.3, 0.4) is 0 Å². The minimum absolute atomic E-state index is 0.0738. The van der Waals surface area contributed by atoms with Crippen molar-refractivity contribution in [3.8, 4) is 0 Å². The predicted octanol–water partition coefficient (Wildman–Crippen LogP) is 0.698. The van der Waals surface area contributed by atoms with Crippen molar-refractivity contribution in [3.05, 3.63) is 11.7 Å². The zero-order valence-corrected chi connectivity index (χ0v) is 12.4. The zero-order chi connectivity index (χ0) is 14.5. The normalized spacial score (nSPS) is 26.4. The summed E-state index contributed by atoms with van der Waals surface area (Å²) in [5, 5.41) is 13.3. The second kappa shape index (κ2) is 4.51. The van der Waals surface area contributed by atoms with Crippen LogP contribution in [0, 0.1) is 5.41 Å². The van der Waals surface area contributed by atoms with E-state index < -0.39 is 16.1 Å². The molecule has 2 atom stereocenters. The Hall–Kier alpha value is -0.990. The third-order valence-electron chi connectivity index (χ3n) is 3.96. The average molecular weight is 301 g/mol. The van der Waals surface area contributed by atoms with Crippen LogP contribution >= 0.6 is 0 Å². The number of nitrogens with zero attached hydrogens (tertiary/aromatic N) is 2. The number of aliphatic hydroxyl groups is 1. The van der Waals surface area contributed by atoms with Crippen LogP contribution in [0.25, 0.3) is 0 Å². The fraction of sp³-hybridized carbons (Fsp3) is 0.833. The van der Waals surface area contributed by atoms with Crippen molar-refractivity contribution in [2.45, 2.75) is 50.4 Å². The van der Waals surface area contributed by atoms with Gasteiger partial charge in [0.2, 0.25) is 10.0 Å². The van der Waals surface area contributed by atoms with Crippen LogP contribution in [0.4, 0.5) is 0 Å². The predicted molar refractivity (Wildman–Crippen MR) is 70.3 cm³/mol. The summed E-state index contributed by atoms with van der Waals surface area (Å²) in [4.78, 5) is 4.10. The van der Waals surface area contributed by atoms with E-state index in [0.29, 0.717) is 18.2 Å². The van der Waals surface area contributed by atoms with Gasteiger partial charge in [-0.3, -0.25) is 0 Å². The minimum Gasteiger partial charge on any atom is -0.382 e. The smallest absolute Gasteiger partial charge is 0.256 e. The Morgan fingerprint density at radius 1 is 1.50 bits per heavy atom. The highest BCUT2D eigenvalue weighted by Gasteiger charge is 2.54. The number of nitrogens with one attached hydrogen (secondary N) is 1. The zero-order valence-electron chi connectivity index (χ0n) is 11.5. The van der Waals surface area contributed by atoms with Crippen LogP contribution in [-0.4, -0.2) is 35.5 Å². The van der Waals surface area contributed by atoms with Crippen molar-refractivity contribution in [2.24, 2.45) is 5.41 Å². The van der Waals surface area contributed by atoms with Gasteiger partial charge in [-0.25, -0.2) is 13.1 Å². The molecule has 0 aliphatic heterocycles. The van der Waals surface area contributed by atoms with Crippen LogP contribution < -0.4 is 4.72 Å². The second-order valence-electron chi connectivity index (χ2n) is 6.36. The molecular weight excluding hydrogens is 282 g/mol. The molecule has 2 aliphatic rings. The summed E-state index contributed by atoms with van der Waals surface area (Å²) in [6, 6.07) is 0. The molecule has 3 rings (SSSR count). The number of aliphatic hydroxyl groups excluding tert-OH is 1. The molecule has 2 saturated carbocycles. The SMILES string of the molecule is CC1(C)CC1S(=O)(=O)NCC(O)c1nc(C2CC2)no1. The first-order valence-corrected chi connectivity index (χ1v) is 8.34. The summed E-state index contributed by atoms with van der Waals surface area (Å²) in [5.74, 6) is 1.01. The number of hydrogen-bond donors (Lipinski definition) is 2. The maximum absolute atomic E-state index is 12.0. The van der Waals surface area contributed by atoms with E-state index in [-0.39, 0.29) is 23.1 Å². The molecule has 0 spiro atoms. The standard InChI is InChI=1S/C12H19N3O4S/c1-12(2)5-9(12)20(17,18)13-6-8(16)11-14-10(15-19-11)7-3-4-7/h7-9,13,16H,3-6H2,1-2H3. The van der Waals surface area contributed by atoms with Crippen molar-refractivity contribution < 1.29 is 18.0 Å². The van der Waals surface area contributed by atoms with Gasteiger partial charge in [0.05, 0.1) is 5.25 Å². The third kappa shape index (κ3) is 2.72. The van der Waals surface area contributed by atoms with E-state index in [9.17, 15) is 13.5 Å². The van der Waals surface area contributed by atoms with Crippen molar-refractivity contribution in [2.75, 3.05) is 6.54 Å². The maximum Gasteiger partial charge on any atom is 0.256 e. The van der Waals surface area contributed by atoms with Crippen molar-refractivity contribution in [1.82, 2.24) is 14.9 Å². The molecule has 2 N–H and O–H groups in total. The molecule has 2 fully saturated rings. The van der Waals surface area contributed by atoms with Crippen LogP contribution in [0.2, 0.25) is 0 Å². The Morgan fingerprint density at radius 3 is 2.70 bits per heavy atom. The summed E-state index contributed by atoms with van der Waals surface area (Å²) < 4.78 is 31.3. The number of hydrogen-bond acceptors (Lipinski definition) is 6. The van der Waals surface area contributed by atoms with Crippen LogP contribution in [0.1, 0.15) is 56.8 Å². The monoisotopic (exact) mass is 301 g/mol. The van der Waals surface area contributed by atoms with Gasteiger partial charge < -0.3 is 9.63 Å². The average Bonchev–Trinajstić information content (AvgIpc) is 3.26. The first kappa shape index (κ1) is 14.0. The number of sulfonamides is 1. The summed E-state index contributed by atoms with van der Waals surface area (Å²) in [6.07, 6.45) is 1.62. The van der Waals surface area contributed by atoms with E-state index in [2.05, 4.69) is 14.9 Å². The van der Waals surface area contributed by atoms with Gasteiger partial charge in [0.15, 0.2) is 5.82 Å². The Labute approximate surface area is 117 Å². The van der Waals surface area contributed by atoms with Gasteiger partial charge in [-0.1, -0.05) is 19.0 Å². The van der Waals surface area contributed by atoms with Gasteiger partial charge in [0.25, 0.3) is 5.89 Å². The lowest BCUT2D eigenvalue weighted by atomic mass is 10.2. The molecule has 2 unspecified atom stereocenters. The highest BCUT2D eigenvalue weighted by Crippen LogP contribution is 2.49. The molecule has 0 saturated heterocycles. The summed E-state index contributed by atoms with van der Waals surface area (Å²) in [5.41, 5.74) is -0.180. The molecular formula is C12H19N3O4S. The molecule has 7 nitrogen and oxygen atoms in total. The molecule has 1 aromatic rings. The molecule has 0 aromatic carbocycles. The van der Waals surface area contributed by atoms with Gasteiger partial charge in [-0.05, 0) is 24.7 Å². The van der Waals surface area contributed by atoms with Gasteiger partial charge in [-0.15, -0.1) is 0 Å². The maximum atomic E-state index is 12.0. The first-order valence-electron chi connectivity index (χ1n) is 6.80. The van der Waals surface area contributed by atoms with Crippen LogP contribution in [-0.2, 0) is 10.0 Å².